The maximum atomic E-state index is 11.8. The molecule has 0 fully saturated rings. The van der Waals surface area contributed by atoms with Crippen LogP contribution in [0.15, 0.2) is 65.6 Å². The van der Waals surface area contributed by atoms with Gasteiger partial charge >= 0.3 is 5.97 Å². The molecule has 0 aliphatic heterocycles. The lowest BCUT2D eigenvalue weighted by molar-refractivity contribution is 0.0696. The molecule has 1 atom stereocenters. The number of pyridine rings is 2. The van der Waals surface area contributed by atoms with Crippen LogP contribution in [-0.4, -0.2) is 30.8 Å². The lowest BCUT2D eigenvalue weighted by Crippen LogP contribution is -2.10. The van der Waals surface area contributed by atoms with Gasteiger partial charge in [0.2, 0.25) is 0 Å². The second-order valence-corrected chi connectivity index (χ2v) is 8.75. The van der Waals surface area contributed by atoms with Crippen LogP contribution >= 0.6 is 0 Å². The summed E-state index contributed by atoms with van der Waals surface area (Å²) >= 11 is 0. The van der Waals surface area contributed by atoms with E-state index in [0.717, 1.165) is 62.4 Å². The van der Waals surface area contributed by atoms with E-state index in [0.29, 0.717) is 0 Å². The van der Waals surface area contributed by atoms with E-state index in [1.54, 1.807) is 19.2 Å². The van der Waals surface area contributed by atoms with Crippen molar-refractivity contribution in [2.24, 2.45) is 0 Å². The first kappa shape index (κ1) is 22.5. The molecule has 1 N–H and O–H groups in total. The molecule has 176 valence electrons. The zero-order valence-electron chi connectivity index (χ0n) is 20.1. The van der Waals surface area contributed by atoms with E-state index in [2.05, 4.69) is 33.9 Å². The number of hydrogen-bond donors (Lipinski definition) is 1. The number of hydrogen-bond acceptors (Lipinski definition) is 5. The molecule has 7 nitrogen and oxygen atoms in total. The van der Waals surface area contributed by atoms with Gasteiger partial charge in [0.15, 0.2) is 0 Å². The fraction of sp³-hybridized carbons (Fsp3) is 0.214. The Hall–Kier alpha value is -4.26. The molecule has 0 bridgehead atoms. The Balaban J connectivity index is 1.78. The van der Waals surface area contributed by atoms with Crippen molar-refractivity contribution in [3.05, 3.63) is 89.3 Å². The fourth-order valence-corrected chi connectivity index (χ4v) is 4.77. The first-order valence-electron chi connectivity index (χ1n) is 11.6. The number of benzene rings is 1. The topological polar surface area (TPSA) is 94.0 Å². The van der Waals surface area contributed by atoms with E-state index in [1.165, 1.54) is 0 Å². The Kier molecular flexibility index (Phi) is 5.68. The summed E-state index contributed by atoms with van der Waals surface area (Å²) in [4.78, 5) is 21.3. The van der Waals surface area contributed by atoms with Crippen LogP contribution in [0.3, 0.4) is 0 Å². The van der Waals surface area contributed by atoms with Gasteiger partial charge in [-0.15, -0.1) is 0 Å². The smallest absolute Gasteiger partial charge is 0.335 e. The number of carbonyl (C=O) groups is 1. The average molecular weight is 467 g/mol. The molecular weight excluding hydrogens is 440 g/mol. The van der Waals surface area contributed by atoms with Gasteiger partial charge in [-0.05, 0) is 62.6 Å². The van der Waals surface area contributed by atoms with E-state index >= 15 is 0 Å². The molecular formula is C28H26N4O3. The molecule has 0 radical (unpaired) electrons. The number of aromatic carboxylic acids is 1. The Morgan fingerprint density at radius 1 is 1.09 bits per heavy atom. The summed E-state index contributed by atoms with van der Waals surface area (Å²) in [7, 11) is 0. The van der Waals surface area contributed by atoms with Crippen molar-refractivity contribution in [1.29, 1.82) is 0 Å². The standard InChI is InChI=1S/C28H26N4O3/c1-5-24(23-8-6-7-11-29-23)32-15-22(19-10-9-16(2)21(12-19)28(33)34)27-25(32)13-20(14-30-27)26-17(3)31-35-18(26)4/h6-15,24H,5H2,1-4H3,(H,33,34)/t24-/m0/s1. The van der Waals surface area contributed by atoms with Crippen LogP contribution in [-0.2, 0) is 0 Å². The van der Waals surface area contributed by atoms with Crippen molar-refractivity contribution >= 4 is 17.0 Å². The zero-order chi connectivity index (χ0) is 24.7. The van der Waals surface area contributed by atoms with Gasteiger partial charge in [0, 0.05) is 35.3 Å². The molecule has 0 saturated heterocycles. The van der Waals surface area contributed by atoms with Crippen molar-refractivity contribution in [3.63, 3.8) is 0 Å². The van der Waals surface area contributed by atoms with Crippen molar-refractivity contribution in [2.45, 2.75) is 40.2 Å². The van der Waals surface area contributed by atoms with Gasteiger partial charge in [-0.25, -0.2) is 4.79 Å². The van der Waals surface area contributed by atoms with Gasteiger partial charge < -0.3 is 14.2 Å². The minimum absolute atomic E-state index is 0.0152. The Bertz CT molecular complexity index is 1530. The highest BCUT2D eigenvalue weighted by Gasteiger charge is 2.22. The van der Waals surface area contributed by atoms with Gasteiger partial charge in [-0.2, -0.15) is 0 Å². The number of aryl methyl sites for hydroxylation is 3. The minimum Gasteiger partial charge on any atom is -0.478 e. The van der Waals surface area contributed by atoms with Crippen LogP contribution in [0.1, 0.15) is 52.5 Å². The summed E-state index contributed by atoms with van der Waals surface area (Å²) in [6.07, 6.45) is 6.52. The van der Waals surface area contributed by atoms with E-state index in [4.69, 9.17) is 9.51 Å². The van der Waals surface area contributed by atoms with E-state index in [9.17, 15) is 9.90 Å². The van der Waals surface area contributed by atoms with Gasteiger partial charge in [0.05, 0.1) is 34.0 Å². The first-order chi connectivity index (χ1) is 16.9. The highest BCUT2D eigenvalue weighted by Crippen LogP contribution is 2.37. The first-order valence-corrected chi connectivity index (χ1v) is 11.6. The molecule has 4 aromatic heterocycles. The molecule has 0 aliphatic rings. The molecule has 0 spiro atoms. The van der Waals surface area contributed by atoms with Crippen LogP contribution in [0.25, 0.3) is 33.3 Å². The molecule has 0 aliphatic carbocycles. The highest BCUT2D eigenvalue weighted by molar-refractivity contribution is 5.97. The number of carboxylic acid groups (broad SMARTS) is 1. The van der Waals surface area contributed by atoms with Gasteiger partial charge in [-0.3, -0.25) is 9.97 Å². The molecule has 35 heavy (non-hydrogen) atoms. The van der Waals surface area contributed by atoms with Crippen molar-refractivity contribution in [1.82, 2.24) is 19.7 Å². The number of fused-ring (bicyclic) bond motifs is 1. The summed E-state index contributed by atoms with van der Waals surface area (Å²) in [6, 6.07) is 13.5. The van der Waals surface area contributed by atoms with Crippen molar-refractivity contribution in [3.8, 4) is 22.3 Å². The number of aromatic nitrogens is 4. The van der Waals surface area contributed by atoms with Crippen molar-refractivity contribution in [2.75, 3.05) is 0 Å². The maximum absolute atomic E-state index is 11.8. The summed E-state index contributed by atoms with van der Waals surface area (Å²) in [5.74, 6) is -0.204. The molecule has 0 amide bonds. The lowest BCUT2D eigenvalue weighted by Gasteiger charge is -2.18. The monoisotopic (exact) mass is 466 g/mol. The molecule has 0 saturated carbocycles. The van der Waals surface area contributed by atoms with Gasteiger partial charge in [0.1, 0.15) is 5.76 Å². The zero-order valence-corrected chi connectivity index (χ0v) is 20.1. The predicted molar refractivity (Wildman–Crippen MR) is 135 cm³/mol. The Morgan fingerprint density at radius 3 is 2.57 bits per heavy atom. The molecule has 5 aromatic rings. The van der Waals surface area contributed by atoms with Crippen LogP contribution in [0, 0.1) is 20.8 Å². The number of carboxylic acids is 1. The van der Waals surface area contributed by atoms with Crippen LogP contribution < -0.4 is 0 Å². The summed E-state index contributed by atoms with van der Waals surface area (Å²) in [5.41, 5.74) is 8.05. The quantitative estimate of drug-likeness (QED) is 0.312. The fourth-order valence-electron chi connectivity index (χ4n) is 4.77. The predicted octanol–water partition coefficient (Wildman–Crippen LogP) is 6.38. The molecule has 0 unspecified atom stereocenters. The maximum Gasteiger partial charge on any atom is 0.335 e. The van der Waals surface area contributed by atoms with Crippen LogP contribution in [0.2, 0.25) is 0 Å². The molecule has 1 aromatic carbocycles. The lowest BCUT2D eigenvalue weighted by atomic mass is 10.0. The molecule has 7 heteroatoms. The van der Waals surface area contributed by atoms with E-state index < -0.39 is 5.97 Å². The van der Waals surface area contributed by atoms with E-state index in [1.807, 2.05) is 50.4 Å². The third kappa shape index (κ3) is 3.89. The largest absolute Gasteiger partial charge is 0.478 e. The normalized spacial score (nSPS) is 12.2. The minimum atomic E-state index is -0.943. The summed E-state index contributed by atoms with van der Waals surface area (Å²) in [5, 5.41) is 13.8. The average Bonchev–Trinajstić information content (AvgIpc) is 3.39. The van der Waals surface area contributed by atoms with E-state index in [-0.39, 0.29) is 11.6 Å². The van der Waals surface area contributed by atoms with Gasteiger partial charge in [0.25, 0.3) is 0 Å². The third-order valence-electron chi connectivity index (χ3n) is 6.52. The van der Waals surface area contributed by atoms with Crippen molar-refractivity contribution < 1.29 is 14.4 Å². The molecule has 5 rings (SSSR count). The second kappa shape index (κ2) is 8.83. The summed E-state index contributed by atoms with van der Waals surface area (Å²) < 4.78 is 7.60. The second-order valence-electron chi connectivity index (χ2n) is 8.75. The van der Waals surface area contributed by atoms with Gasteiger partial charge in [-0.1, -0.05) is 30.3 Å². The SMILES string of the molecule is CC[C@@H](c1ccccn1)n1cc(-c2ccc(C)c(C(=O)O)c2)c2ncc(-c3c(C)noc3C)cc21. The van der Waals surface area contributed by atoms with Crippen LogP contribution in [0.5, 0.6) is 0 Å². The number of rotatable bonds is 6. The Labute approximate surface area is 203 Å². The Morgan fingerprint density at radius 2 is 1.91 bits per heavy atom. The molecule has 4 heterocycles. The third-order valence-corrected chi connectivity index (χ3v) is 6.52. The number of nitrogens with zero attached hydrogens (tertiary/aromatic N) is 4. The summed E-state index contributed by atoms with van der Waals surface area (Å²) in [6.45, 7) is 7.75. The van der Waals surface area contributed by atoms with Crippen LogP contribution in [0.4, 0.5) is 0 Å². The highest BCUT2D eigenvalue weighted by atomic mass is 16.5.